The van der Waals surface area contributed by atoms with Crippen molar-refractivity contribution in [3.05, 3.63) is 41.5 Å². The van der Waals surface area contributed by atoms with Crippen LogP contribution in [-0.2, 0) is 4.74 Å². The van der Waals surface area contributed by atoms with Gasteiger partial charge in [-0.05, 0) is 37.7 Å². The Morgan fingerprint density at radius 3 is 2.67 bits per heavy atom. The third-order valence-corrected chi connectivity index (χ3v) is 7.58. The molecule has 0 saturated carbocycles. The quantitative estimate of drug-likeness (QED) is 0.601. The summed E-state index contributed by atoms with van der Waals surface area (Å²) >= 11 is 1.71. The summed E-state index contributed by atoms with van der Waals surface area (Å²) < 4.78 is 5.56. The summed E-state index contributed by atoms with van der Waals surface area (Å²) in [5.74, 6) is 1.79. The SMILES string of the molecule is Cc1ccc(-c2csc3ncnc(N(C)C4CCN(C[C@H]5CCOC5)CC4)c23)cc1. The van der Waals surface area contributed by atoms with Gasteiger partial charge in [0, 0.05) is 50.3 Å². The second kappa shape index (κ2) is 8.61. The van der Waals surface area contributed by atoms with Crippen molar-refractivity contribution >= 4 is 27.4 Å². The van der Waals surface area contributed by atoms with E-state index in [4.69, 9.17) is 9.72 Å². The van der Waals surface area contributed by atoms with Crippen LogP contribution in [0.3, 0.4) is 0 Å². The van der Waals surface area contributed by atoms with Gasteiger partial charge in [0.2, 0.25) is 0 Å². The highest BCUT2D eigenvalue weighted by Crippen LogP contribution is 2.38. The van der Waals surface area contributed by atoms with E-state index in [0.717, 1.165) is 42.9 Å². The fraction of sp³-hybridized carbons (Fsp3) is 0.500. The minimum Gasteiger partial charge on any atom is -0.381 e. The number of anilines is 1. The Balaban J connectivity index is 1.35. The zero-order valence-electron chi connectivity index (χ0n) is 17.9. The Morgan fingerprint density at radius 2 is 1.93 bits per heavy atom. The normalized spacial score (nSPS) is 20.8. The molecule has 5 nitrogen and oxygen atoms in total. The molecule has 2 aliphatic rings. The Kier molecular flexibility index (Phi) is 5.72. The number of aromatic nitrogens is 2. The standard InChI is InChI=1S/C24H30N4OS/c1-17-3-5-19(6-4-17)21-15-30-24-22(21)23(25-16-26-24)27(2)20-7-10-28(11-8-20)13-18-9-12-29-14-18/h3-6,15-16,18,20H,7-14H2,1-2H3/t18-/m1/s1. The van der Waals surface area contributed by atoms with E-state index in [1.807, 2.05) is 0 Å². The smallest absolute Gasteiger partial charge is 0.141 e. The van der Waals surface area contributed by atoms with Crippen LogP contribution in [0.5, 0.6) is 0 Å². The molecule has 0 aliphatic carbocycles. The zero-order chi connectivity index (χ0) is 20.5. The minimum atomic E-state index is 0.518. The van der Waals surface area contributed by atoms with E-state index in [0.29, 0.717) is 6.04 Å². The molecule has 2 aliphatic heterocycles. The molecule has 158 valence electrons. The molecule has 0 amide bonds. The van der Waals surface area contributed by atoms with Crippen LogP contribution in [-0.4, -0.2) is 60.8 Å². The number of rotatable bonds is 5. The first-order valence-electron chi connectivity index (χ1n) is 11.0. The lowest BCUT2D eigenvalue weighted by molar-refractivity contribution is 0.152. The Bertz CT molecular complexity index is 988. The molecule has 2 aromatic heterocycles. The van der Waals surface area contributed by atoms with E-state index < -0.39 is 0 Å². The molecule has 2 fully saturated rings. The lowest BCUT2D eigenvalue weighted by Gasteiger charge is -2.38. The molecular weight excluding hydrogens is 392 g/mol. The Hall–Kier alpha value is -2.02. The molecule has 5 rings (SSSR count). The van der Waals surface area contributed by atoms with Crippen molar-refractivity contribution < 1.29 is 4.74 Å². The monoisotopic (exact) mass is 422 g/mol. The van der Waals surface area contributed by atoms with Gasteiger partial charge >= 0.3 is 0 Å². The van der Waals surface area contributed by atoms with Gasteiger partial charge in [0.1, 0.15) is 17.0 Å². The third kappa shape index (κ3) is 3.96. The third-order valence-electron chi connectivity index (χ3n) is 6.69. The number of fused-ring (bicyclic) bond motifs is 1. The predicted octanol–water partition coefficient (Wildman–Crippen LogP) is 4.60. The van der Waals surface area contributed by atoms with Crippen molar-refractivity contribution in [3.8, 4) is 11.1 Å². The number of thiophene rings is 1. The molecular formula is C24H30N4OS. The molecule has 2 saturated heterocycles. The van der Waals surface area contributed by atoms with E-state index in [-0.39, 0.29) is 0 Å². The van der Waals surface area contributed by atoms with Crippen molar-refractivity contribution in [3.63, 3.8) is 0 Å². The van der Waals surface area contributed by atoms with Gasteiger partial charge in [-0.3, -0.25) is 0 Å². The van der Waals surface area contributed by atoms with Gasteiger partial charge in [0.05, 0.1) is 12.0 Å². The molecule has 0 bridgehead atoms. The Labute approximate surface area is 182 Å². The highest BCUT2D eigenvalue weighted by molar-refractivity contribution is 7.17. The molecule has 4 heterocycles. The summed E-state index contributed by atoms with van der Waals surface area (Å²) in [5, 5.41) is 3.42. The van der Waals surface area contributed by atoms with E-state index in [1.54, 1.807) is 17.7 Å². The molecule has 0 N–H and O–H groups in total. The molecule has 0 unspecified atom stereocenters. The van der Waals surface area contributed by atoms with Gasteiger partial charge in [-0.1, -0.05) is 29.8 Å². The van der Waals surface area contributed by atoms with Gasteiger partial charge in [-0.15, -0.1) is 11.3 Å². The minimum absolute atomic E-state index is 0.518. The van der Waals surface area contributed by atoms with Gasteiger partial charge in [-0.25, -0.2) is 9.97 Å². The summed E-state index contributed by atoms with van der Waals surface area (Å²) in [6.45, 7) is 7.53. The number of hydrogen-bond acceptors (Lipinski definition) is 6. The van der Waals surface area contributed by atoms with Gasteiger partial charge in [0.15, 0.2) is 0 Å². The molecule has 1 atom stereocenters. The van der Waals surface area contributed by atoms with E-state index in [9.17, 15) is 0 Å². The topological polar surface area (TPSA) is 41.5 Å². The largest absolute Gasteiger partial charge is 0.381 e. The number of hydrogen-bond donors (Lipinski definition) is 0. The molecule has 1 aromatic carbocycles. The first-order valence-corrected chi connectivity index (χ1v) is 11.9. The molecule has 0 spiro atoms. The van der Waals surface area contributed by atoms with Gasteiger partial charge in [0.25, 0.3) is 0 Å². The van der Waals surface area contributed by atoms with Crippen molar-refractivity contribution in [2.24, 2.45) is 5.92 Å². The molecule has 3 aromatic rings. The van der Waals surface area contributed by atoms with Crippen LogP contribution in [0.15, 0.2) is 36.0 Å². The second-order valence-corrected chi connectivity index (χ2v) is 9.62. The summed E-state index contributed by atoms with van der Waals surface area (Å²) in [5.41, 5.74) is 3.77. The van der Waals surface area contributed by atoms with Crippen LogP contribution in [0.25, 0.3) is 21.3 Å². The van der Waals surface area contributed by atoms with E-state index in [2.05, 4.69) is 58.4 Å². The number of likely N-dealkylation sites (tertiary alicyclic amines) is 1. The average Bonchev–Trinajstić information content (AvgIpc) is 3.44. The van der Waals surface area contributed by atoms with Crippen LogP contribution in [0.2, 0.25) is 0 Å². The van der Waals surface area contributed by atoms with Gasteiger partial charge < -0.3 is 14.5 Å². The van der Waals surface area contributed by atoms with E-state index in [1.165, 1.54) is 47.9 Å². The van der Waals surface area contributed by atoms with Crippen molar-refractivity contribution in [1.82, 2.24) is 14.9 Å². The van der Waals surface area contributed by atoms with Gasteiger partial charge in [-0.2, -0.15) is 0 Å². The van der Waals surface area contributed by atoms with Crippen LogP contribution in [0.1, 0.15) is 24.8 Å². The summed E-state index contributed by atoms with van der Waals surface area (Å²) in [6.07, 6.45) is 5.30. The summed E-state index contributed by atoms with van der Waals surface area (Å²) in [7, 11) is 2.21. The first-order chi connectivity index (χ1) is 14.7. The van der Waals surface area contributed by atoms with Crippen LogP contribution >= 0.6 is 11.3 Å². The van der Waals surface area contributed by atoms with Crippen LogP contribution < -0.4 is 4.90 Å². The summed E-state index contributed by atoms with van der Waals surface area (Å²) in [6, 6.07) is 9.29. The number of ether oxygens (including phenoxy) is 1. The van der Waals surface area contributed by atoms with Crippen molar-refractivity contribution in [1.29, 1.82) is 0 Å². The number of nitrogens with zero attached hydrogens (tertiary/aromatic N) is 4. The number of aryl methyl sites for hydroxylation is 1. The highest BCUT2D eigenvalue weighted by Gasteiger charge is 2.27. The van der Waals surface area contributed by atoms with Crippen LogP contribution in [0, 0.1) is 12.8 Å². The molecule has 0 radical (unpaired) electrons. The van der Waals surface area contributed by atoms with Crippen molar-refractivity contribution in [2.75, 3.05) is 44.8 Å². The Morgan fingerprint density at radius 1 is 1.13 bits per heavy atom. The maximum atomic E-state index is 5.56. The van der Waals surface area contributed by atoms with Crippen molar-refractivity contribution in [2.45, 2.75) is 32.2 Å². The maximum absolute atomic E-state index is 5.56. The number of benzene rings is 1. The molecule has 30 heavy (non-hydrogen) atoms. The fourth-order valence-corrected chi connectivity index (χ4v) is 5.74. The lowest BCUT2D eigenvalue weighted by Crippen LogP contribution is -2.45. The zero-order valence-corrected chi connectivity index (χ0v) is 18.7. The predicted molar refractivity (Wildman–Crippen MR) is 124 cm³/mol. The number of piperidine rings is 1. The fourth-order valence-electron chi connectivity index (χ4n) is 4.83. The highest BCUT2D eigenvalue weighted by atomic mass is 32.1. The second-order valence-electron chi connectivity index (χ2n) is 8.77. The summed E-state index contributed by atoms with van der Waals surface area (Å²) in [4.78, 5) is 15.4. The van der Waals surface area contributed by atoms with E-state index >= 15 is 0 Å². The lowest BCUT2D eigenvalue weighted by atomic mass is 10.00. The average molecular weight is 423 g/mol. The molecule has 6 heteroatoms. The maximum Gasteiger partial charge on any atom is 0.141 e. The first kappa shape index (κ1) is 19.9. The van der Waals surface area contributed by atoms with Crippen LogP contribution in [0.4, 0.5) is 5.82 Å².